The molecule has 0 spiro atoms. The Labute approximate surface area is 51.3 Å². The topological polar surface area (TPSA) is 84.4 Å². The van der Waals surface area contributed by atoms with Gasteiger partial charge >= 0.3 is 0 Å². The van der Waals surface area contributed by atoms with Gasteiger partial charge in [0.25, 0.3) is 0 Å². The molecule has 0 aliphatic rings. The summed E-state index contributed by atoms with van der Waals surface area (Å²) in [6.07, 6.45) is 0.730. The van der Waals surface area contributed by atoms with E-state index in [0.29, 0.717) is 0 Å². The maximum atomic E-state index is 9.54. The molecule has 0 saturated carbocycles. The fourth-order valence-corrected chi connectivity index (χ4v) is 0.454. The average molecular weight is 140 g/mol. The molecule has 0 heterocycles. The molecule has 0 aromatic carbocycles. The smallest absolute Gasteiger partial charge is 0.0842 e. The molecule has 0 aliphatic heterocycles. The van der Waals surface area contributed by atoms with Crippen LogP contribution in [0.5, 0.6) is 0 Å². The van der Waals surface area contributed by atoms with E-state index >= 15 is 0 Å². The molecule has 0 radical (unpaired) electrons. The molecule has 52 valence electrons. The van der Waals surface area contributed by atoms with E-state index < -0.39 is 11.4 Å². The van der Waals surface area contributed by atoms with Crippen LogP contribution in [-0.2, 0) is 15.5 Å². The lowest BCUT2D eigenvalue weighted by molar-refractivity contribution is 0.300. The minimum absolute atomic E-state index is 0. The summed E-state index contributed by atoms with van der Waals surface area (Å²) < 4.78 is 23.2. The van der Waals surface area contributed by atoms with Gasteiger partial charge in [0.05, 0.1) is 18.0 Å². The van der Waals surface area contributed by atoms with Gasteiger partial charge in [0.2, 0.25) is 0 Å². The van der Waals surface area contributed by atoms with Gasteiger partial charge < -0.3 is 14.9 Å². The van der Waals surface area contributed by atoms with Crippen LogP contribution in [0, 0.1) is 0 Å². The number of rotatable bonds is 3. The zero-order valence-electron chi connectivity index (χ0n) is 4.75. The Morgan fingerprint density at radius 2 is 2.25 bits per heavy atom. The Balaban J connectivity index is 0. The highest BCUT2D eigenvalue weighted by Crippen LogP contribution is 1.80. The molecule has 0 rings (SSSR count). The van der Waals surface area contributed by atoms with Crippen molar-refractivity contribution >= 4 is 11.4 Å². The van der Waals surface area contributed by atoms with Crippen LogP contribution in [0.4, 0.5) is 0 Å². The Morgan fingerprint density at radius 1 is 1.75 bits per heavy atom. The lowest BCUT2D eigenvalue weighted by atomic mass is 10.5. The van der Waals surface area contributed by atoms with Crippen molar-refractivity contribution in [2.75, 3.05) is 6.61 Å². The van der Waals surface area contributed by atoms with Gasteiger partial charge in [-0.05, 0) is 6.42 Å². The van der Waals surface area contributed by atoms with Gasteiger partial charge in [0, 0.05) is 0 Å². The third-order valence-electron chi connectivity index (χ3n) is 0.384. The van der Waals surface area contributed by atoms with Crippen molar-refractivity contribution in [3.63, 3.8) is 0 Å². The van der Waals surface area contributed by atoms with Crippen LogP contribution in [0.25, 0.3) is 0 Å². The second-order valence-electron chi connectivity index (χ2n) is 1.03. The maximum absolute atomic E-state index is 9.54. The number of hydrogen-bond donors (Lipinski definition) is 1. The first-order valence-corrected chi connectivity index (χ1v) is 3.00. The highest BCUT2D eigenvalue weighted by atomic mass is 32.2. The van der Waals surface area contributed by atoms with E-state index in [1.807, 2.05) is 6.92 Å². The second kappa shape index (κ2) is 7.03. The van der Waals surface area contributed by atoms with E-state index in [1.54, 1.807) is 0 Å². The molecule has 0 saturated heterocycles. The Kier molecular flexibility index (Phi) is 9.59. The van der Waals surface area contributed by atoms with Gasteiger partial charge in [-0.3, -0.25) is 0 Å². The molecule has 1 unspecified atom stereocenters. The van der Waals surface area contributed by atoms with Crippen molar-refractivity contribution in [2.45, 2.75) is 13.3 Å². The van der Waals surface area contributed by atoms with Gasteiger partial charge in [-0.25, -0.2) is 4.21 Å². The SMILES string of the molecule is CCCOS(=O)[O-].N. The normalized spacial score (nSPS) is 12.2. The van der Waals surface area contributed by atoms with E-state index in [1.165, 1.54) is 0 Å². The van der Waals surface area contributed by atoms with Crippen molar-refractivity contribution < 1.29 is 12.9 Å². The van der Waals surface area contributed by atoms with E-state index in [4.69, 9.17) is 0 Å². The molecule has 0 amide bonds. The van der Waals surface area contributed by atoms with Crippen molar-refractivity contribution in [3.05, 3.63) is 0 Å². The van der Waals surface area contributed by atoms with Crippen LogP contribution in [0.3, 0.4) is 0 Å². The van der Waals surface area contributed by atoms with Crippen molar-refractivity contribution in [1.29, 1.82) is 0 Å². The highest BCUT2D eigenvalue weighted by molar-refractivity contribution is 7.74. The van der Waals surface area contributed by atoms with E-state index in [-0.39, 0.29) is 12.8 Å². The molecular formula is C3H10NO3S-. The first-order chi connectivity index (χ1) is 3.27. The van der Waals surface area contributed by atoms with Gasteiger partial charge in [-0.1, -0.05) is 6.92 Å². The summed E-state index contributed by atoms with van der Waals surface area (Å²) in [7, 11) is 0. The molecular weight excluding hydrogens is 130 g/mol. The zero-order valence-corrected chi connectivity index (χ0v) is 5.57. The van der Waals surface area contributed by atoms with Crippen LogP contribution in [0.1, 0.15) is 13.3 Å². The summed E-state index contributed by atoms with van der Waals surface area (Å²) in [5.74, 6) is 0. The summed E-state index contributed by atoms with van der Waals surface area (Å²) >= 11 is -2.32. The van der Waals surface area contributed by atoms with Crippen molar-refractivity contribution in [1.82, 2.24) is 6.15 Å². The third kappa shape index (κ3) is 9.39. The third-order valence-corrected chi connectivity index (χ3v) is 0.743. The molecule has 0 aromatic rings. The molecule has 0 aliphatic carbocycles. The van der Waals surface area contributed by atoms with Crippen LogP contribution in [0.2, 0.25) is 0 Å². The molecule has 0 fully saturated rings. The van der Waals surface area contributed by atoms with Crippen molar-refractivity contribution in [2.24, 2.45) is 0 Å². The monoisotopic (exact) mass is 140 g/mol. The maximum Gasteiger partial charge on any atom is 0.0842 e. The van der Waals surface area contributed by atoms with Crippen LogP contribution < -0.4 is 6.15 Å². The van der Waals surface area contributed by atoms with Gasteiger partial charge in [0.1, 0.15) is 0 Å². The van der Waals surface area contributed by atoms with Crippen LogP contribution in [0.15, 0.2) is 0 Å². The van der Waals surface area contributed by atoms with Crippen molar-refractivity contribution in [3.8, 4) is 0 Å². The van der Waals surface area contributed by atoms with Gasteiger partial charge in [0.15, 0.2) is 0 Å². The molecule has 8 heavy (non-hydrogen) atoms. The first kappa shape index (κ1) is 10.9. The van der Waals surface area contributed by atoms with E-state index in [9.17, 15) is 8.76 Å². The first-order valence-electron chi connectivity index (χ1n) is 2.00. The summed E-state index contributed by atoms with van der Waals surface area (Å²) in [6, 6.07) is 0. The van der Waals surface area contributed by atoms with Gasteiger partial charge in [-0.15, -0.1) is 0 Å². The molecule has 0 aromatic heterocycles. The largest absolute Gasteiger partial charge is 0.750 e. The fraction of sp³-hybridized carbons (Fsp3) is 1.00. The predicted octanol–water partition coefficient (Wildman–Crippen LogP) is 0.369. The predicted molar refractivity (Wildman–Crippen MR) is 30.2 cm³/mol. The minimum atomic E-state index is -2.32. The number of hydrogen-bond acceptors (Lipinski definition) is 4. The Hall–Kier alpha value is 0.0300. The minimum Gasteiger partial charge on any atom is -0.750 e. The Bertz CT molecular complexity index is 67.5. The Morgan fingerprint density at radius 3 is 2.38 bits per heavy atom. The molecule has 4 nitrogen and oxygen atoms in total. The van der Waals surface area contributed by atoms with Gasteiger partial charge in [-0.2, -0.15) is 0 Å². The second-order valence-corrected chi connectivity index (χ2v) is 1.67. The molecule has 5 heteroatoms. The van der Waals surface area contributed by atoms with E-state index in [0.717, 1.165) is 6.42 Å². The molecule has 1 atom stereocenters. The molecule has 3 N–H and O–H groups in total. The zero-order chi connectivity index (χ0) is 5.70. The summed E-state index contributed by atoms with van der Waals surface area (Å²) in [6.45, 7) is 2.13. The van der Waals surface area contributed by atoms with Crippen LogP contribution >= 0.6 is 0 Å². The van der Waals surface area contributed by atoms with E-state index in [2.05, 4.69) is 4.18 Å². The summed E-state index contributed by atoms with van der Waals surface area (Å²) in [5.41, 5.74) is 0. The molecule has 0 bridgehead atoms. The quantitative estimate of drug-likeness (QED) is 0.574. The fourth-order valence-electron chi connectivity index (χ4n) is 0.151. The lowest BCUT2D eigenvalue weighted by Crippen LogP contribution is -1.95. The summed E-state index contributed by atoms with van der Waals surface area (Å²) in [4.78, 5) is 0. The van der Waals surface area contributed by atoms with Crippen LogP contribution in [-0.4, -0.2) is 15.4 Å². The lowest BCUT2D eigenvalue weighted by Gasteiger charge is -2.01. The standard InChI is InChI=1S/C3H8O3S.H3N/c1-2-3-6-7(4)5;/h2-3H2,1H3,(H,4,5);1H3/p-1. The highest BCUT2D eigenvalue weighted by Gasteiger charge is 1.77. The summed E-state index contributed by atoms with van der Waals surface area (Å²) in [5, 5.41) is 0. The average Bonchev–Trinajstić information content (AvgIpc) is 1.61.